The van der Waals surface area contributed by atoms with Gasteiger partial charge < -0.3 is 4.74 Å². The first-order chi connectivity index (χ1) is 6.79. The van der Waals surface area contributed by atoms with Gasteiger partial charge in [0.1, 0.15) is 11.6 Å². The van der Waals surface area contributed by atoms with Crippen LogP contribution in [0.5, 0.6) is 5.75 Å². The highest BCUT2D eigenvalue weighted by Crippen LogP contribution is 2.35. The summed E-state index contributed by atoms with van der Waals surface area (Å²) in [6, 6.07) is 0.725. The first kappa shape index (κ1) is 12.7. The van der Waals surface area contributed by atoms with Crippen molar-refractivity contribution >= 4 is 35.7 Å². The Kier molecular flexibility index (Phi) is 3.57. The van der Waals surface area contributed by atoms with E-state index < -0.39 is 35.8 Å². The number of halogens is 4. The predicted octanol–water partition coefficient (Wildman–Crippen LogP) is 2.66. The molecule has 8 heteroatoms. The topological polar surface area (TPSA) is 43.4 Å². The summed E-state index contributed by atoms with van der Waals surface area (Å²) in [5, 5.41) is 0. The van der Waals surface area contributed by atoms with Gasteiger partial charge in [-0.3, -0.25) is 0 Å². The van der Waals surface area contributed by atoms with Crippen molar-refractivity contribution in [3.8, 4) is 5.75 Å². The third kappa shape index (κ3) is 2.40. The standard InChI is InChI=1S/C7H4BrClF2O3S/c1-14-4-2-3(10)5(8)6(11)7(4)15(9,12)13/h2H,1H3. The summed E-state index contributed by atoms with van der Waals surface area (Å²) in [4.78, 5) is -0.889. The number of hydrogen-bond acceptors (Lipinski definition) is 3. The summed E-state index contributed by atoms with van der Waals surface area (Å²) < 4.78 is 52.3. The average molecular weight is 322 g/mol. The molecule has 1 aromatic carbocycles. The van der Waals surface area contributed by atoms with Crippen LogP contribution < -0.4 is 4.74 Å². The Morgan fingerprint density at radius 2 is 2.00 bits per heavy atom. The van der Waals surface area contributed by atoms with Gasteiger partial charge >= 0.3 is 0 Å². The molecule has 0 atom stereocenters. The maximum Gasteiger partial charge on any atom is 0.267 e. The maximum atomic E-state index is 13.4. The van der Waals surface area contributed by atoms with Crippen molar-refractivity contribution in [2.45, 2.75) is 4.90 Å². The summed E-state index contributed by atoms with van der Waals surface area (Å²) in [6.45, 7) is 0. The van der Waals surface area contributed by atoms with E-state index in [0.29, 0.717) is 0 Å². The zero-order valence-electron chi connectivity index (χ0n) is 7.22. The smallest absolute Gasteiger partial charge is 0.267 e. The summed E-state index contributed by atoms with van der Waals surface area (Å²) in [5.41, 5.74) is 0. The molecule has 0 aromatic heterocycles. The minimum absolute atomic E-state index is 0.483. The van der Waals surface area contributed by atoms with Crippen LogP contribution in [0.1, 0.15) is 0 Å². The normalized spacial score (nSPS) is 11.5. The maximum absolute atomic E-state index is 13.4. The summed E-state index contributed by atoms with van der Waals surface area (Å²) in [6.07, 6.45) is 0. The molecule has 0 aliphatic rings. The van der Waals surface area contributed by atoms with E-state index in [4.69, 9.17) is 10.7 Å². The minimum Gasteiger partial charge on any atom is -0.495 e. The number of hydrogen-bond donors (Lipinski definition) is 0. The highest BCUT2D eigenvalue weighted by atomic mass is 79.9. The fourth-order valence-electron chi connectivity index (χ4n) is 0.935. The molecular weight excluding hydrogens is 317 g/mol. The molecular formula is C7H4BrClF2O3S. The van der Waals surface area contributed by atoms with Crippen LogP contribution >= 0.6 is 26.6 Å². The van der Waals surface area contributed by atoms with E-state index in [-0.39, 0.29) is 0 Å². The lowest BCUT2D eigenvalue weighted by Gasteiger charge is -2.08. The number of rotatable bonds is 2. The van der Waals surface area contributed by atoms with E-state index in [1.165, 1.54) is 0 Å². The van der Waals surface area contributed by atoms with Crippen molar-refractivity contribution in [3.63, 3.8) is 0 Å². The molecule has 0 heterocycles. The van der Waals surface area contributed by atoms with E-state index in [0.717, 1.165) is 13.2 Å². The zero-order valence-corrected chi connectivity index (χ0v) is 10.4. The molecule has 0 aliphatic carbocycles. The highest BCUT2D eigenvalue weighted by Gasteiger charge is 2.26. The van der Waals surface area contributed by atoms with Crippen LogP contribution in [-0.2, 0) is 9.05 Å². The lowest BCUT2D eigenvalue weighted by Crippen LogP contribution is -2.02. The van der Waals surface area contributed by atoms with Gasteiger partial charge in [0.2, 0.25) is 0 Å². The van der Waals surface area contributed by atoms with Crippen molar-refractivity contribution in [2.75, 3.05) is 7.11 Å². The average Bonchev–Trinajstić information content (AvgIpc) is 2.11. The summed E-state index contributed by atoms with van der Waals surface area (Å²) in [7, 11) is 1.72. The molecule has 0 radical (unpaired) electrons. The van der Waals surface area contributed by atoms with Crippen molar-refractivity contribution in [1.82, 2.24) is 0 Å². The predicted molar refractivity (Wildman–Crippen MR) is 53.6 cm³/mol. The second-order valence-corrected chi connectivity index (χ2v) is 5.75. The highest BCUT2D eigenvalue weighted by molar-refractivity contribution is 9.10. The molecule has 0 bridgehead atoms. The van der Waals surface area contributed by atoms with Gasteiger partial charge in [-0.25, -0.2) is 17.2 Å². The van der Waals surface area contributed by atoms with Crippen LogP contribution in [0.25, 0.3) is 0 Å². The Morgan fingerprint density at radius 3 is 2.40 bits per heavy atom. The number of methoxy groups -OCH3 is 1. The van der Waals surface area contributed by atoms with Crippen LogP contribution in [-0.4, -0.2) is 15.5 Å². The molecule has 84 valence electrons. The number of benzene rings is 1. The van der Waals surface area contributed by atoms with Crippen molar-refractivity contribution in [2.24, 2.45) is 0 Å². The lowest BCUT2D eigenvalue weighted by molar-refractivity contribution is 0.389. The van der Waals surface area contributed by atoms with E-state index in [1.54, 1.807) is 0 Å². The Bertz CT molecular complexity index is 503. The molecule has 0 spiro atoms. The second kappa shape index (κ2) is 4.23. The molecule has 15 heavy (non-hydrogen) atoms. The zero-order chi connectivity index (χ0) is 11.8. The Balaban J connectivity index is 3.70. The van der Waals surface area contributed by atoms with Crippen LogP contribution in [0.4, 0.5) is 8.78 Å². The van der Waals surface area contributed by atoms with Gasteiger partial charge in [0.15, 0.2) is 10.7 Å². The van der Waals surface area contributed by atoms with E-state index in [2.05, 4.69) is 20.7 Å². The second-order valence-electron chi connectivity index (χ2n) is 2.46. The Hall–Kier alpha value is -0.400. The molecule has 0 saturated heterocycles. The van der Waals surface area contributed by atoms with Gasteiger partial charge in [-0.1, -0.05) is 0 Å². The van der Waals surface area contributed by atoms with Crippen LogP contribution in [0, 0.1) is 11.6 Å². The SMILES string of the molecule is COc1cc(F)c(Br)c(F)c1S(=O)(=O)Cl. The third-order valence-corrected chi connectivity index (χ3v) is 3.60. The molecule has 1 rings (SSSR count). The molecule has 1 aromatic rings. The van der Waals surface area contributed by atoms with E-state index >= 15 is 0 Å². The summed E-state index contributed by atoms with van der Waals surface area (Å²) in [5.74, 6) is -2.78. The molecule has 0 amide bonds. The van der Waals surface area contributed by atoms with Gasteiger partial charge in [0.25, 0.3) is 9.05 Å². The van der Waals surface area contributed by atoms with Crippen LogP contribution in [0.3, 0.4) is 0 Å². The molecule has 0 aliphatic heterocycles. The fraction of sp³-hybridized carbons (Fsp3) is 0.143. The van der Waals surface area contributed by atoms with E-state index in [1.807, 2.05) is 0 Å². The van der Waals surface area contributed by atoms with Crippen molar-refractivity contribution in [3.05, 3.63) is 22.2 Å². The Labute approximate surface area is 97.5 Å². The fourth-order valence-corrected chi connectivity index (χ4v) is 2.51. The molecule has 3 nitrogen and oxygen atoms in total. The van der Waals surface area contributed by atoms with Crippen molar-refractivity contribution in [1.29, 1.82) is 0 Å². The van der Waals surface area contributed by atoms with E-state index in [9.17, 15) is 17.2 Å². The number of ether oxygens (including phenoxy) is 1. The van der Waals surface area contributed by atoms with Gasteiger partial charge in [-0.2, -0.15) is 0 Å². The quantitative estimate of drug-likeness (QED) is 0.621. The summed E-state index contributed by atoms with van der Waals surface area (Å²) >= 11 is 2.56. The van der Waals surface area contributed by atoms with Crippen LogP contribution in [0.15, 0.2) is 15.4 Å². The van der Waals surface area contributed by atoms with Gasteiger partial charge in [0, 0.05) is 16.7 Å². The molecule has 0 unspecified atom stereocenters. The molecule has 0 N–H and O–H groups in total. The molecule has 0 saturated carbocycles. The van der Waals surface area contributed by atoms with Gasteiger partial charge in [-0.05, 0) is 15.9 Å². The lowest BCUT2D eigenvalue weighted by atomic mass is 10.3. The molecule has 0 fully saturated rings. The third-order valence-electron chi connectivity index (χ3n) is 1.55. The monoisotopic (exact) mass is 320 g/mol. The minimum atomic E-state index is -4.34. The van der Waals surface area contributed by atoms with Crippen LogP contribution in [0.2, 0.25) is 0 Å². The first-order valence-corrected chi connectivity index (χ1v) is 6.55. The Morgan fingerprint density at radius 1 is 1.47 bits per heavy atom. The van der Waals surface area contributed by atoms with Gasteiger partial charge in [-0.15, -0.1) is 0 Å². The van der Waals surface area contributed by atoms with Crippen molar-refractivity contribution < 1.29 is 21.9 Å². The van der Waals surface area contributed by atoms with Gasteiger partial charge in [0.05, 0.1) is 11.6 Å². The first-order valence-electron chi connectivity index (χ1n) is 3.45. The largest absolute Gasteiger partial charge is 0.495 e.